The van der Waals surface area contributed by atoms with E-state index in [4.69, 9.17) is 27.9 Å². The van der Waals surface area contributed by atoms with Crippen LogP contribution in [0.2, 0.25) is 10.0 Å². The number of carbonyl (C=O) groups is 1. The second-order valence-corrected chi connectivity index (χ2v) is 8.89. The minimum Gasteiger partial charge on any atom is -0.483 e. The average Bonchev–Trinajstić information content (AvgIpc) is 3.11. The van der Waals surface area contributed by atoms with E-state index in [1.54, 1.807) is 18.2 Å². The number of carbonyl (C=O) groups excluding carboxylic acids is 1. The molecule has 1 aromatic heterocycles. The van der Waals surface area contributed by atoms with Crippen molar-refractivity contribution in [2.45, 2.75) is 45.5 Å². The number of rotatable bonds is 8. The zero-order valence-corrected chi connectivity index (χ0v) is 20.1. The van der Waals surface area contributed by atoms with Crippen LogP contribution in [0.1, 0.15) is 36.9 Å². The molecule has 9 heteroatoms. The van der Waals surface area contributed by atoms with Crippen LogP contribution in [0.25, 0.3) is 0 Å². The van der Waals surface area contributed by atoms with Gasteiger partial charge in [0.05, 0.1) is 15.8 Å². The summed E-state index contributed by atoms with van der Waals surface area (Å²) in [5.41, 5.74) is 2.87. The summed E-state index contributed by atoms with van der Waals surface area (Å²) in [5.74, 6) is 1.53. The van der Waals surface area contributed by atoms with E-state index < -0.39 is 0 Å². The molecule has 3 aromatic rings. The average molecular weight is 479 g/mol. The van der Waals surface area contributed by atoms with Gasteiger partial charge in [-0.3, -0.25) is 4.79 Å². The van der Waals surface area contributed by atoms with E-state index in [-0.39, 0.29) is 17.8 Å². The number of halogens is 2. The lowest BCUT2D eigenvalue weighted by atomic mass is 10.1. The molecule has 31 heavy (non-hydrogen) atoms. The summed E-state index contributed by atoms with van der Waals surface area (Å²) in [5, 5.41) is 12.9. The molecule has 0 saturated carbocycles. The molecular weight excluding hydrogens is 455 g/mol. The molecule has 6 nitrogen and oxygen atoms in total. The summed E-state index contributed by atoms with van der Waals surface area (Å²) in [4.78, 5) is 12.3. The predicted molar refractivity (Wildman–Crippen MR) is 126 cm³/mol. The smallest absolute Gasteiger partial charge is 0.234 e. The largest absolute Gasteiger partial charge is 0.483 e. The highest BCUT2D eigenvalue weighted by atomic mass is 35.5. The van der Waals surface area contributed by atoms with E-state index >= 15 is 0 Å². The Balaban J connectivity index is 1.64. The highest BCUT2D eigenvalue weighted by Crippen LogP contribution is 2.27. The monoisotopic (exact) mass is 478 g/mol. The Morgan fingerprint density at radius 2 is 1.84 bits per heavy atom. The number of anilines is 1. The molecular formula is C22H24Cl2N4O2S. The SMILES string of the molecule is CCn1c(SCC(=O)Nc2ccc(Cl)c(Cl)c2)nnc1C(C)Oc1cc(C)cc(C)c1. The van der Waals surface area contributed by atoms with Crippen LogP contribution in [0.5, 0.6) is 5.75 Å². The van der Waals surface area contributed by atoms with Gasteiger partial charge in [0.15, 0.2) is 17.1 Å². The first-order valence-corrected chi connectivity index (χ1v) is 11.6. The molecule has 1 atom stereocenters. The van der Waals surface area contributed by atoms with E-state index in [1.165, 1.54) is 11.8 Å². The van der Waals surface area contributed by atoms with Crippen LogP contribution in [0.3, 0.4) is 0 Å². The predicted octanol–water partition coefficient (Wildman–Crippen LogP) is 6.09. The number of hydrogen-bond acceptors (Lipinski definition) is 5. The van der Waals surface area contributed by atoms with Crippen LogP contribution in [0.4, 0.5) is 5.69 Å². The third kappa shape index (κ3) is 6.15. The third-order valence-corrected chi connectivity index (χ3v) is 6.17. The fourth-order valence-corrected chi connectivity index (χ4v) is 4.27. The highest BCUT2D eigenvalue weighted by molar-refractivity contribution is 7.99. The van der Waals surface area contributed by atoms with E-state index in [0.29, 0.717) is 33.3 Å². The number of thioether (sulfide) groups is 1. The highest BCUT2D eigenvalue weighted by Gasteiger charge is 2.19. The molecule has 0 aliphatic heterocycles. The van der Waals surface area contributed by atoms with Crippen LogP contribution in [-0.4, -0.2) is 26.4 Å². The first-order chi connectivity index (χ1) is 14.8. The number of hydrogen-bond donors (Lipinski definition) is 1. The Hall–Kier alpha value is -2.22. The molecule has 0 spiro atoms. The molecule has 3 rings (SSSR count). The van der Waals surface area contributed by atoms with Gasteiger partial charge in [0.2, 0.25) is 5.91 Å². The summed E-state index contributed by atoms with van der Waals surface area (Å²) < 4.78 is 8.07. The normalized spacial score (nSPS) is 11.9. The Labute approximate surface area is 196 Å². The van der Waals surface area contributed by atoms with Crippen molar-refractivity contribution in [3.63, 3.8) is 0 Å². The number of amides is 1. The van der Waals surface area contributed by atoms with Crippen molar-refractivity contribution >= 4 is 46.6 Å². The van der Waals surface area contributed by atoms with Gasteiger partial charge in [0.25, 0.3) is 0 Å². The minimum absolute atomic E-state index is 0.171. The van der Waals surface area contributed by atoms with Gasteiger partial charge >= 0.3 is 0 Å². The van der Waals surface area contributed by atoms with E-state index in [9.17, 15) is 4.79 Å². The summed E-state index contributed by atoms with van der Waals surface area (Å²) in [6, 6.07) is 11.1. The fraction of sp³-hybridized carbons (Fsp3) is 0.318. The Bertz CT molecular complexity index is 1070. The maximum Gasteiger partial charge on any atom is 0.234 e. The number of aromatic nitrogens is 3. The molecule has 0 fully saturated rings. The van der Waals surface area contributed by atoms with Crippen molar-refractivity contribution in [1.29, 1.82) is 0 Å². The lowest BCUT2D eigenvalue weighted by Gasteiger charge is -2.16. The van der Waals surface area contributed by atoms with Gasteiger partial charge in [-0.1, -0.05) is 41.0 Å². The molecule has 0 radical (unpaired) electrons. The molecule has 0 aliphatic carbocycles. The molecule has 1 amide bonds. The summed E-state index contributed by atoms with van der Waals surface area (Å²) in [7, 11) is 0. The topological polar surface area (TPSA) is 69.0 Å². The third-order valence-electron chi connectivity index (χ3n) is 4.47. The van der Waals surface area contributed by atoms with Crippen molar-refractivity contribution in [1.82, 2.24) is 14.8 Å². The van der Waals surface area contributed by atoms with Gasteiger partial charge in [0, 0.05) is 12.2 Å². The van der Waals surface area contributed by atoms with Crippen LogP contribution in [-0.2, 0) is 11.3 Å². The van der Waals surface area contributed by atoms with Crippen molar-refractivity contribution in [2.24, 2.45) is 0 Å². The molecule has 1 unspecified atom stereocenters. The van der Waals surface area contributed by atoms with Crippen LogP contribution >= 0.6 is 35.0 Å². The Morgan fingerprint density at radius 3 is 2.48 bits per heavy atom. The van der Waals surface area contributed by atoms with Gasteiger partial charge in [-0.25, -0.2) is 0 Å². The van der Waals surface area contributed by atoms with Crippen LogP contribution in [0, 0.1) is 13.8 Å². The zero-order valence-electron chi connectivity index (χ0n) is 17.8. The molecule has 1 heterocycles. The molecule has 0 bridgehead atoms. The lowest BCUT2D eigenvalue weighted by molar-refractivity contribution is -0.113. The molecule has 2 aromatic carbocycles. The van der Waals surface area contributed by atoms with E-state index in [2.05, 4.69) is 21.6 Å². The molecule has 1 N–H and O–H groups in total. The molecule has 164 valence electrons. The number of nitrogens with one attached hydrogen (secondary N) is 1. The first-order valence-electron chi connectivity index (χ1n) is 9.82. The summed E-state index contributed by atoms with van der Waals surface area (Å²) in [6.07, 6.45) is -0.284. The van der Waals surface area contributed by atoms with Gasteiger partial charge in [-0.15, -0.1) is 10.2 Å². The quantitative estimate of drug-likeness (QED) is 0.396. The molecule has 0 saturated heterocycles. The maximum absolute atomic E-state index is 12.3. The maximum atomic E-state index is 12.3. The summed E-state index contributed by atoms with van der Waals surface area (Å²) in [6.45, 7) is 8.70. The van der Waals surface area contributed by atoms with Crippen molar-refractivity contribution < 1.29 is 9.53 Å². The second-order valence-electron chi connectivity index (χ2n) is 7.13. The van der Waals surface area contributed by atoms with Crippen LogP contribution in [0.15, 0.2) is 41.6 Å². The van der Waals surface area contributed by atoms with Gasteiger partial charge < -0.3 is 14.6 Å². The second kappa shape index (κ2) is 10.4. The number of ether oxygens (including phenoxy) is 1. The van der Waals surface area contributed by atoms with Crippen molar-refractivity contribution in [3.05, 3.63) is 63.4 Å². The number of benzene rings is 2. The molecule has 0 aliphatic rings. The van der Waals surface area contributed by atoms with Gasteiger partial charge in [-0.2, -0.15) is 0 Å². The van der Waals surface area contributed by atoms with E-state index in [0.717, 1.165) is 16.9 Å². The van der Waals surface area contributed by atoms with Gasteiger partial charge in [-0.05, 0) is 69.2 Å². The Kier molecular flexibility index (Phi) is 7.86. The first kappa shape index (κ1) is 23.4. The minimum atomic E-state index is -0.284. The Morgan fingerprint density at radius 1 is 1.13 bits per heavy atom. The zero-order chi connectivity index (χ0) is 22.5. The number of aryl methyl sites for hydroxylation is 2. The number of nitrogens with zero attached hydrogens (tertiary/aromatic N) is 3. The van der Waals surface area contributed by atoms with Gasteiger partial charge in [0.1, 0.15) is 5.75 Å². The van der Waals surface area contributed by atoms with E-state index in [1.807, 2.05) is 44.4 Å². The standard InChI is InChI=1S/C22H24Cl2N4O2S/c1-5-28-21(15(4)30-17-9-13(2)8-14(3)10-17)26-27-22(28)31-12-20(29)25-16-6-7-18(23)19(24)11-16/h6-11,15H,5,12H2,1-4H3,(H,25,29). The summed E-state index contributed by atoms with van der Waals surface area (Å²) >= 11 is 13.2. The van der Waals surface area contributed by atoms with Crippen LogP contribution < -0.4 is 10.1 Å². The lowest BCUT2D eigenvalue weighted by Crippen LogP contribution is -2.15. The fourth-order valence-electron chi connectivity index (χ4n) is 3.16. The van der Waals surface area contributed by atoms with Crippen molar-refractivity contribution in [2.75, 3.05) is 11.1 Å². The van der Waals surface area contributed by atoms with Crippen molar-refractivity contribution in [3.8, 4) is 5.75 Å².